The molecule has 0 amide bonds. The van der Waals surface area contributed by atoms with Gasteiger partial charge in [-0.1, -0.05) is 34.1 Å². The molecule has 0 aliphatic carbocycles. The molecule has 0 fully saturated rings. The van der Waals surface area contributed by atoms with Crippen LogP contribution in [0.3, 0.4) is 0 Å². The van der Waals surface area contributed by atoms with Crippen LogP contribution in [0.4, 0.5) is 0 Å². The van der Waals surface area contributed by atoms with Gasteiger partial charge in [0.1, 0.15) is 5.75 Å². The van der Waals surface area contributed by atoms with Gasteiger partial charge >= 0.3 is 5.97 Å². The minimum atomic E-state index is -0.210. The summed E-state index contributed by atoms with van der Waals surface area (Å²) in [4.78, 5) is 11.0. The van der Waals surface area contributed by atoms with Gasteiger partial charge in [0, 0.05) is 5.33 Å². The van der Waals surface area contributed by atoms with Gasteiger partial charge in [0.05, 0.1) is 6.42 Å². The second kappa shape index (κ2) is 4.93. The quantitative estimate of drug-likeness (QED) is 0.451. The molecule has 0 aliphatic heterocycles. The smallest absolute Gasteiger partial charge is 0.312 e. The summed E-state index contributed by atoms with van der Waals surface area (Å²) in [5.41, 5.74) is 0. The Morgan fingerprint density at radius 3 is 2.58 bits per heavy atom. The zero-order valence-corrected chi connectivity index (χ0v) is 8.08. The third-order valence-electron chi connectivity index (χ3n) is 1.27. The lowest BCUT2D eigenvalue weighted by Gasteiger charge is -2.00. The number of carbonyl (C=O) groups is 1. The summed E-state index contributed by atoms with van der Waals surface area (Å²) < 4.78 is 4.99. The van der Waals surface area contributed by atoms with Gasteiger partial charge < -0.3 is 4.74 Å². The second-order valence-electron chi connectivity index (χ2n) is 2.23. The van der Waals surface area contributed by atoms with Crippen LogP contribution in [0.1, 0.15) is 6.42 Å². The van der Waals surface area contributed by atoms with Crippen molar-refractivity contribution in [3.8, 4) is 5.75 Å². The topological polar surface area (TPSA) is 26.3 Å². The molecule has 0 saturated carbocycles. The fourth-order valence-corrected chi connectivity index (χ4v) is 1.07. The number of halogens is 1. The van der Waals surface area contributed by atoms with E-state index in [1.165, 1.54) is 0 Å². The lowest BCUT2D eigenvalue weighted by Crippen LogP contribution is -2.07. The third kappa shape index (κ3) is 3.05. The summed E-state index contributed by atoms with van der Waals surface area (Å²) in [6.45, 7) is 0. The van der Waals surface area contributed by atoms with Crippen LogP contribution in [0.2, 0.25) is 0 Å². The van der Waals surface area contributed by atoms with Crippen molar-refractivity contribution < 1.29 is 9.53 Å². The van der Waals surface area contributed by atoms with Crippen LogP contribution in [-0.4, -0.2) is 11.3 Å². The number of ether oxygens (including phenoxy) is 1. The van der Waals surface area contributed by atoms with E-state index in [0.717, 1.165) is 0 Å². The molecule has 0 bridgehead atoms. The molecule has 0 atom stereocenters. The standard InChI is InChI=1S/C9H9BrO2/c10-7-6-9(11)12-8-4-2-1-3-5-8/h1-5H,6-7H2. The summed E-state index contributed by atoms with van der Waals surface area (Å²) in [6.07, 6.45) is 0.398. The molecular weight excluding hydrogens is 220 g/mol. The molecular formula is C9H9BrO2. The first-order chi connectivity index (χ1) is 5.83. The lowest BCUT2D eigenvalue weighted by molar-refractivity contribution is -0.133. The van der Waals surface area contributed by atoms with E-state index in [4.69, 9.17) is 4.74 Å². The van der Waals surface area contributed by atoms with Crippen LogP contribution in [-0.2, 0) is 4.79 Å². The molecule has 1 rings (SSSR count). The second-order valence-corrected chi connectivity index (χ2v) is 3.02. The number of rotatable bonds is 3. The third-order valence-corrected chi connectivity index (χ3v) is 1.67. The molecule has 3 heteroatoms. The van der Waals surface area contributed by atoms with E-state index in [1.54, 1.807) is 12.1 Å². The number of hydrogen-bond acceptors (Lipinski definition) is 2. The van der Waals surface area contributed by atoms with Gasteiger partial charge in [0.15, 0.2) is 0 Å². The Hall–Kier alpha value is -0.830. The van der Waals surface area contributed by atoms with Crippen molar-refractivity contribution in [2.24, 2.45) is 0 Å². The molecule has 1 aromatic carbocycles. The Morgan fingerprint density at radius 2 is 2.00 bits per heavy atom. The molecule has 0 aromatic heterocycles. The van der Waals surface area contributed by atoms with Gasteiger partial charge in [-0.15, -0.1) is 0 Å². The van der Waals surface area contributed by atoms with Crippen LogP contribution >= 0.6 is 15.9 Å². The predicted octanol–water partition coefficient (Wildman–Crippen LogP) is 2.38. The van der Waals surface area contributed by atoms with Gasteiger partial charge in [0.2, 0.25) is 0 Å². The molecule has 12 heavy (non-hydrogen) atoms. The Balaban J connectivity index is 2.47. The highest BCUT2D eigenvalue weighted by Gasteiger charge is 2.01. The van der Waals surface area contributed by atoms with Gasteiger partial charge in [-0.25, -0.2) is 0 Å². The van der Waals surface area contributed by atoms with Crippen LogP contribution < -0.4 is 4.74 Å². The van der Waals surface area contributed by atoms with E-state index in [0.29, 0.717) is 17.5 Å². The Bertz CT molecular complexity index is 246. The van der Waals surface area contributed by atoms with Crippen molar-refractivity contribution >= 4 is 21.9 Å². The van der Waals surface area contributed by atoms with Crippen molar-refractivity contribution in [1.29, 1.82) is 0 Å². The first-order valence-electron chi connectivity index (χ1n) is 3.64. The zero-order valence-electron chi connectivity index (χ0n) is 6.50. The lowest BCUT2D eigenvalue weighted by atomic mass is 10.3. The average molecular weight is 229 g/mol. The summed E-state index contributed by atoms with van der Waals surface area (Å²) in [5.74, 6) is 0.390. The van der Waals surface area contributed by atoms with E-state index in [9.17, 15) is 4.79 Å². The van der Waals surface area contributed by atoms with Crippen molar-refractivity contribution in [2.45, 2.75) is 6.42 Å². The molecule has 1 aromatic rings. The van der Waals surface area contributed by atoms with Crippen LogP contribution in [0.5, 0.6) is 5.75 Å². The van der Waals surface area contributed by atoms with E-state index in [-0.39, 0.29) is 5.97 Å². The summed E-state index contributed by atoms with van der Waals surface area (Å²) >= 11 is 3.16. The number of alkyl halides is 1. The van der Waals surface area contributed by atoms with Gasteiger partial charge in [0.25, 0.3) is 0 Å². The van der Waals surface area contributed by atoms with Crippen molar-refractivity contribution in [1.82, 2.24) is 0 Å². The maximum Gasteiger partial charge on any atom is 0.312 e. The Labute approximate surface area is 79.7 Å². The van der Waals surface area contributed by atoms with E-state index in [1.807, 2.05) is 18.2 Å². The molecule has 0 unspecified atom stereocenters. The first kappa shape index (κ1) is 9.26. The highest BCUT2D eigenvalue weighted by Crippen LogP contribution is 2.09. The fourth-order valence-electron chi connectivity index (χ4n) is 0.748. The van der Waals surface area contributed by atoms with E-state index >= 15 is 0 Å². The molecule has 0 spiro atoms. The largest absolute Gasteiger partial charge is 0.427 e. The molecule has 64 valence electrons. The molecule has 0 saturated heterocycles. The number of carbonyl (C=O) groups excluding carboxylic acids is 1. The maximum absolute atomic E-state index is 11.0. The van der Waals surface area contributed by atoms with Crippen LogP contribution in [0.15, 0.2) is 30.3 Å². The van der Waals surface area contributed by atoms with Gasteiger partial charge in [-0.2, -0.15) is 0 Å². The number of benzene rings is 1. The van der Waals surface area contributed by atoms with Crippen LogP contribution in [0, 0.1) is 0 Å². The van der Waals surface area contributed by atoms with E-state index < -0.39 is 0 Å². The molecule has 0 radical (unpaired) electrons. The summed E-state index contributed by atoms with van der Waals surface area (Å²) in [6, 6.07) is 9.05. The first-order valence-corrected chi connectivity index (χ1v) is 4.77. The molecule has 2 nitrogen and oxygen atoms in total. The Kier molecular flexibility index (Phi) is 3.80. The molecule has 0 aliphatic rings. The van der Waals surface area contributed by atoms with Crippen molar-refractivity contribution in [3.05, 3.63) is 30.3 Å². The van der Waals surface area contributed by atoms with Crippen LogP contribution in [0.25, 0.3) is 0 Å². The van der Waals surface area contributed by atoms with Gasteiger partial charge in [-0.3, -0.25) is 4.79 Å². The number of para-hydroxylation sites is 1. The molecule has 0 heterocycles. The summed E-state index contributed by atoms with van der Waals surface area (Å²) in [7, 11) is 0. The SMILES string of the molecule is O=C(CCBr)Oc1ccccc1. The average Bonchev–Trinajstić information content (AvgIpc) is 2.06. The summed E-state index contributed by atoms with van der Waals surface area (Å²) in [5, 5.41) is 0.638. The van der Waals surface area contributed by atoms with Crippen molar-refractivity contribution in [2.75, 3.05) is 5.33 Å². The van der Waals surface area contributed by atoms with Crippen molar-refractivity contribution in [3.63, 3.8) is 0 Å². The molecule has 0 N–H and O–H groups in total. The van der Waals surface area contributed by atoms with Gasteiger partial charge in [-0.05, 0) is 12.1 Å². The highest BCUT2D eigenvalue weighted by molar-refractivity contribution is 9.09. The number of hydrogen-bond donors (Lipinski definition) is 0. The predicted molar refractivity (Wildman–Crippen MR) is 50.5 cm³/mol. The maximum atomic E-state index is 11.0. The monoisotopic (exact) mass is 228 g/mol. The highest BCUT2D eigenvalue weighted by atomic mass is 79.9. The zero-order chi connectivity index (χ0) is 8.81. The normalized spacial score (nSPS) is 9.42. The van der Waals surface area contributed by atoms with E-state index in [2.05, 4.69) is 15.9 Å². The number of esters is 1. The Morgan fingerprint density at radius 1 is 1.33 bits per heavy atom. The fraction of sp³-hybridized carbons (Fsp3) is 0.222. The minimum absolute atomic E-state index is 0.210. The minimum Gasteiger partial charge on any atom is -0.427 e.